The first-order valence-corrected chi connectivity index (χ1v) is 7.18. The van der Waals surface area contributed by atoms with Gasteiger partial charge in [-0.05, 0) is 35.5 Å². The first-order valence-electron chi connectivity index (χ1n) is 6.23. The third kappa shape index (κ3) is 3.00. The summed E-state index contributed by atoms with van der Waals surface area (Å²) in [4.78, 5) is 0. The summed E-state index contributed by atoms with van der Waals surface area (Å²) in [6.07, 6.45) is 2.44. The van der Waals surface area contributed by atoms with E-state index in [0.29, 0.717) is 6.54 Å². The van der Waals surface area contributed by atoms with E-state index in [2.05, 4.69) is 16.8 Å². The van der Waals surface area contributed by atoms with Crippen molar-refractivity contribution in [2.24, 2.45) is 5.73 Å². The first-order chi connectivity index (χ1) is 9.38. The molecule has 0 amide bonds. The SMILES string of the molecule is NCC[C@H](Oc1cccc2ccoc12)c1ccsc1.S. The molecule has 0 aliphatic heterocycles. The van der Waals surface area contributed by atoms with E-state index in [1.54, 1.807) is 17.6 Å². The number of hydrogen-bond donors (Lipinski definition) is 1. The van der Waals surface area contributed by atoms with E-state index in [9.17, 15) is 0 Å². The predicted octanol–water partition coefficient (Wildman–Crippen LogP) is 4.08. The van der Waals surface area contributed by atoms with Crippen molar-refractivity contribution in [2.45, 2.75) is 12.5 Å². The molecule has 0 fully saturated rings. The minimum absolute atomic E-state index is 0. The fourth-order valence-corrected chi connectivity index (χ4v) is 2.82. The number of hydrogen-bond acceptors (Lipinski definition) is 4. The van der Waals surface area contributed by atoms with Gasteiger partial charge >= 0.3 is 0 Å². The van der Waals surface area contributed by atoms with Gasteiger partial charge in [0.2, 0.25) is 0 Å². The highest BCUT2D eigenvalue weighted by Gasteiger charge is 2.15. The van der Waals surface area contributed by atoms with Crippen LogP contribution in [0.15, 0.2) is 51.8 Å². The minimum atomic E-state index is -0.0213. The van der Waals surface area contributed by atoms with Gasteiger partial charge in [0.05, 0.1) is 6.26 Å². The lowest BCUT2D eigenvalue weighted by Gasteiger charge is -2.17. The second-order valence-electron chi connectivity index (χ2n) is 4.34. The molecule has 1 atom stereocenters. The molecule has 20 heavy (non-hydrogen) atoms. The first kappa shape index (κ1) is 15.0. The molecular formula is C15H17NO2S2. The van der Waals surface area contributed by atoms with Gasteiger partial charge in [-0.2, -0.15) is 24.8 Å². The lowest BCUT2D eigenvalue weighted by molar-refractivity contribution is 0.198. The van der Waals surface area contributed by atoms with E-state index in [0.717, 1.165) is 23.1 Å². The highest BCUT2D eigenvalue weighted by molar-refractivity contribution is 7.59. The van der Waals surface area contributed by atoms with Gasteiger partial charge in [-0.1, -0.05) is 12.1 Å². The van der Waals surface area contributed by atoms with E-state index in [1.165, 1.54) is 5.56 Å². The van der Waals surface area contributed by atoms with Gasteiger partial charge in [0, 0.05) is 17.4 Å². The number of benzene rings is 1. The van der Waals surface area contributed by atoms with E-state index in [1.807, 2.05) is 24.3 Å². The summed E-state index contributed by atoms with van der Waals surface area (Å²) in [6, 6.07) is 9.92. The van der Waals surface area contributed by atoms with Crippen LogP contribution in [0.3, 0.4) is 0 Å². The molecule has 0 spiro atoms. The maximum Gasteiger partial charge on any atom is 0.175 e. The Morgan fingerprint density at radius 1 is 1.25 bits per heavy atom. The summed E-state index contributed by atoms with van der Waals surface area (Å²) >= 11 is 1.67. The maximum atomic E-state index is 6.10. The Hall–Kier alpha value is -1.43. The van der Waals surface area contributed by atoms with Crippen LogP contribution >= 0.6 is 24.8 Å². The second kappa shape index (κ2) is 6.83. The van der Waals surface area contributed by atoms with Crippen LogP contribution in [0.2, 0.25) is 0 Å². The molecule has 0 aliphatic rings. The molecule has 5 heteroatoms. The quantitative estimate of drug-likeness (QED) is 0.773. The Labute approximate surface area is 128 Å². The number of furan rings is 1. The normalized spacial score (nSPS) is 12.1. The molecule has 2 aromatic heterocycles. The van der Waals surface area contributed by atoms with Crippen molar-refractivity contribution in [3.8, 4) is 5.75 Å². The molecule has 106 valence electrons. The van der Waals surface area contributed by atoms with Gasteiger partial charge in [-0.15, -0.1) is 0 Å². The summed E-state index contributed by atoms with van der Waals surface area (Å²) in [7, 11) is 0. The highest BCUT2D eigenvalue weighted by atomic mass is 32.1. The van der Waals surface area contributed by atoms with Crippen LogP contribution in [0.1, 0.15) is 18.1 Å². The number of nitrogens with two attached hydrogens (primary N) is 1. The molecule has 2 N–H and O–H groups in total. The van der Waals surface area contributed by atoms with Crippen LogP contribution in [0, 0.1) is 0 Å². The molecule has 1 aromatic carbocycles. The van der Waals surface area contributed by atoms with Crippen molar-refractivity contribution in [3.63, 3.8) is 0 Å². The van der Waals surface area contributed by atoms with Crippen LogP contribution in [0.25, 0.3) is 11.0 Å². The molecule has 0 bridgehead atoms. The lowest BCUT2D eigenvalue weighted by Crippen LogP contribution is -2.12. The van der Waals surface area contributed by atoms with Gasteiger partial charge in [0.1, 0.15) is 6.10 Å². The van der Waals surface area contributed by atoms with Gasteiger partial charge < -0.3 is 14.9 Å². The minimum Gasteiger partial charge on any atom is -0.482 e. The standard InChI is InChI=1S/C15H15NO2S.H2S/c16-7-4-13(12-6-9-19-10-12)18-14-3-1-2-11-5-8-17-15(11)14;/h1-3,5-6,8-10,13H,4,7,16H2;1H2/t13-;/m0./s1. The summed E-state index contributed by atoms with van der Waals surface area (Å²) in [5.41, 5.74) is 7.64. The topological polar surface area (TPSA) is 48.4 Å². The number of ether oxygens (including phenoxy) is 1. The van der Waals surface area contributed by atoms with Crippen molar-refractivity contribution in [1.29, 1.82) is 0 Å². The van der Waals surface area contributed by atoms with E-state index in [-0.39, 0.29) is 19.6 Å². The zero-order valence-electron chi connectivity index (χ0n) is 10.9. The Kier molecular flexibility index (Phi) is 5.11. The summed E-state index contributed by atoms with van der Waals surface area (Å²) in [5, 5.41) is 5.20. The summed E-state index contributed by atoms with van der Waals surface area (Å²) in [6.45, 7) is 0.592. The molecule has 3 nitrogen and oxygen atoms in total. The number of fused-ring (bicyclic) bond motifs is 1. The van der Waals surface area contributed by atoms with Gasteiger partial charge in [-0.25, -0.2) is 0 Å². The molecule has 2 heterocycles. The largest absolute Gasteiger partial charge is 0.482 e. The van der Waals surface area contributed by atoms with Crippen LogP contribution in [-0.4, -0.2) is 6.54 Å². The molecule has 3 rings (SSSR count). The van der Waals surface area contributed by atoms with Gasteiger partial charge in [-0.3, -0.25) is 0 Å². The molecule has 0 unspecified atom stereocenters. The molecule has 0 aliphatic carbocycles. The fourth-order valence-electron chi connectivity index (χ4n) is 2.11. The Balaban J connectivity index is 0.00000147. The van der Waals surface area contributed by atoms with Crippen LogP contribution < -0.4 is 10.5 Å². The number of thiophene rings is 1. The highest BCUT2D eigenvalue weighted by Crippen LogP contribution is 2.32. The third-order valence-corrected chi connectivity index (χ3v) is 3.76. The molecule has 3 aromatic rings. The maximum absolute atomic E-state index is 6.10. The van der Waals surface area contributed by atoms with Crippen molar-refractivity contribution in [3.05, 3.63) is 52.9 Å². The molecule has 0 saturated carbocycles. The zero-order valence-corrected chi connectivity index (χ0v) is 12.7. The monoisotopic (exact) mass is 307 g/mol. The molecule has 0 saturated heterocycles. The van der Waals surface area contributed by atoms with Gasteiger partial charge in [0.15, 0.2) is 11.3 Å². The van der Waals surface area contributed by atoms with Crippen LogP contribution in [-0.2, 0) is 0 Å². The fraction of sp³-hybridized carbons (Fsp3) is 0.200. The number of para-hydroxylation sites is 1. The Morgan fingerprint density at radius 2 is 2.15 bits per heavy atom. The van der Waals surface area contributed by atoms with E-state index >= 15 is 0 Å². The Bertz CT molecular complexity index is 649. The van der Waals surface area contributed by atoms with Crippen LogP contribution in [0.4, 0.5) is 0 Å². The van der Waals surface area contributed by atoms with Crippen LogP contribution in [0.5, 0.6) is 5.75 Å². The van der Waals surface area contributed by atoms with Crippen molar-refractivity contribution in [1.82, 2.24) is 0 Å². The van der Waals surface area contributed by atoms with E-state index < -0.39 is 0 Å². The second-order valence-corrected chi connectivity index (χ2v) is 5.12. The molecule has 0 radical (unpaired) electrons. The van der Waals surface area contributed by atoms with E-state index in [4.69, 9.17) is 14.9 Å². The summed E-state index contributed by atoms with van der Waals surface area (Å²) < 4.78 is 11.6. The molecular weight excluding hydrogens is 290 g/mol. The zero-order chi connectivity index (χ0) is 13.1. The lowest BCUT2D eigenvalue weighted by atomic mass is 10.1. The summed E-state index contributed by atoms with van der Waals surface area (Å²) in [5.74, 6) is 0.771. The van der Waals surface area contributed by atoms with Gasteiger partial charge in [0.25, 0.3) is 0 Å². The average molecular weight is 307 g/mol. The Morgan fingerprint density at radius 3 is 2.90 bits per heavy atom. The van der Waals surface area contributed by atoms with Crippen molar-refractivity contribution < 1.29 is 9.15 Å². The predicted molar refractivity (Wildman–Crippen MR) is 88.0 cm³/mol. The van der Waals surface area contributed by atoms with Crippen molar-refractivity contribution in [2.75, 3.05) is 6.54 Å². The average Bonchev–Trinajstić information content (AvgIpc) is 3.10. The van der Waals surface area contributed by atoms with Crippen molar-refractivity contribution >= 4 is 35.8 Å². The third-order valence-electron chi connectivity index (χ3n) is 3.06. The number of rotatable bonds is 5. The smallest absolute Gasteiger partial charge is 0.175 e.